The summed E-state index contributed by atoms with van der Waals surface area (Å²) in [7, 11) is 0. The molecule has 140 valence electrons. The average molecular weight is 364 g/mol. The van der Waals surface area contributed by atoms with Crippen LogP contribution in [-0.2, 0) is 4.79 Å². The number of fused-ring (bicyclic) bond motifs is 1. The van der Waals surface area contributed by atoms with E-state index >= 15 is 0 Å². The fourth-order valence-corrected chi connectivity index (χ4v) is 3.07. The summed E-state index contributed by atoms with van der Waals surface area (Å²) in [5.41, 5.74) is 2.68. The number of amides is 1. The number of carbonyl (C=O) groups is 1. The Balaban J connectivity index is 1.67. The third-order valence-electron chi connectivity index (χ3n) is 4.51. The highest BCUT2D eigenvalue weighted by molar-refractivity contribution is 5.84. The van der Waals surface area contributed by atoms with Crippen molar-refractivity contribution in [1.29, 1.82) is 0 Å². The number of hydrogen-bond donors (Lipinski definition) is 2. The fraction of sp³-hybridized carbons (Fsp3) is 0.286. The van der Waals surface area contributed by atoms with Crippen molar-refractivity contribution in [2.75, 3.05) is 11.4 Å². The van der Waals surface area contributed by atoms with Crippen LogP contribution in [0.5, 0.6) is 0 Å². The molecule has 0 aliphatic heterocycles. The van der Waals surface area contributed by atoms with E-state index in [-0.39, 0.29) is 5.91 Å². The first kappa shape index (κ1) is 18.8. The second kappa shape index (κ2) is 9.64. The molecule has 2 aromatic heterocycles. The van der Waals surface area contributed by atoms with Crippen LogP contribution in [0.15, 0.2) is 61.1 Å². The second-order valence-electron chi connectivity index (χ2n) is 6.45. The van der Waals surface area contributed by atoms with Gasteiger partial charge in [0.2, 0.25) is 5.91 Å². The Hall–Kier alpha value is -2.99. The average Bonchev–Trinajstić information content (AvgIpc) is 2.73. The normalized spacial score (nSPS) is 10.7. The summed E-state index contributed by atoms with van der Waals surface area (Å²) >= 11 is 0. The highest BCUT2D eigenvalue weighted by Crippen LogP contribution is 2.26. The lowest BCUT2D eigenvalue weighted by molar-refractivity contribution is -0.129. The predicted octanol–water partition coefficient (Wildman–Crippen LogP) is 4.22. The molecule has 0 bridgehead atoms. The molecule has 3 rings (SSSR count). The Kier molecular flexibility index (Phi) is 6.71. The van der Waals surface area contributed by atoms with Crippen LogP contribution in [0.25, 0.3) is 10.8 Å². The van der Waals surface area contributed by atoms with Crippen LogP contribution < -0.4 is 10.4 Å². The maximum Gasteiger partial charge on any atom is 0.243 e. The molecule has 6 heteroatoms. The SMILES string of the molecule is O=C(CCCCCCN(c1cccnc1)c1cc2ccccc2cn1)NO. The van der Waals surface area contributed by atoms with Crippen molar-refractivity contribution in [2.45, 2.75) is 32.1 Å². The molecule has 27 heavy (non-hydrogen) atoms. The van der Waals surface area contributed by atoms with Gasteiger partial charge in [-0.25, -0.2) is 10.5 Å². The quantitative estimate of drug-likeness (QED) is 0.338. The van der Waals surface area contributed by atoms with Crippen molar-refractivity contribution in [1.82, 2.24) is 15.4 Å². The molecule has 2 N–H and O–H groups in total. The van der Waals surface area contributed by atoms with Gasteiger partial charge < -0.3 is 4.90 Å². The van der Waals surface area contributed by atoms with E-state index in [9.17, 15) is 4.79 Å². The number of rotatable bonds is 9. The first-order valence-electron chi connectivity index (χ1n) is 9.23. The molecule has 0 aliphatic rings. The Labute approximate surface area is 158 Å². The number of pyridine rings is 2. The summed E-state index contributed by atoms with van der Waals surface area (Å²) in [5.74, 6) is 0.578. The van der Waals surface area contributed by atoms with Crippen molar-refractivity contribution in [3.63, 3.8) is 0 Å². The molecular formula is C21H24N4O2. The van der Waals surface area contributed by atoms with E-state index in [1.165, 1.54) is 0 Å². The Morgan fingerprint density at radius 1 is 1.00 bits per heavy atom. The van der Waals surface area contributed by atoms with E-state index in [2.05, 4.69) is 33.1 Å². The van der Waals surface area contributed by atoms with E-state index in [1.54, 1.807) is 11.7 Å². The lowest BCUT2D eigenvalue weighted by atomic mass is 10.1. The molecule has 0 unspecified atom stereocenters. The zero-order valence-electron chi connectivity index (χ0n) is 15.2. The minimum atomic E-state index is -0.327. The van der Waals surface area contributed by atoms with E-state index < -0.39 is 0 Å². The van der Waals surface area contributed by atoms with Gasteiger partial charge in [-0.1, -0.05) is 37.1 Å². The van der Waals surface area contributed by atoms with Gasteiger partial charge in [-0.3, -0.25) is 15.0 Å². The van der Waals surface area contributed by atoms with Crippen LogP contribution in [0.2, 0.25) is 0 Å². The summed E-state index contributed by atoms with van der Waals surface area (Å²) in [4.78, 5) is 22.1. The molecular weight excluding hydrogens is 340 g/mol. The van der Waals surface area contributed by atoms with Crippen LogP contribution in [0.4, 0.5) is 11.5 Å². The molecule has 0 saturated heterocycles. The predicted molar refractivity (Wildman–Crippen MR) is 106 cm³/mol. The number of anilines is 2. The zero-order valence-corrected chi connectivity index (χ0v) is 15.2. The van der Waals surface area contributed by atoms with Gasteiger partial charge in [-0.2, -0.15) is 0 Å². The number of hydrogen-bond acceptors (Lipinski definition) is 5. The summed E-state index contributed by atoms with van der Waals surface area (Å²) in [6.07, 6.45) is 9.57. The molecule has 1 aromatic carbocycles. The second-order valence-corrected chi connectivity index (χ2v) is 6.45. The summed E-state index contributed by atoms with van der Waals surface area (Å²) < 4.78 is 0. The number of aromatic nitrogens is 2. The van der Waals surface area contributed by atoms with Gasteiger partial charge in [0.1, 0.15) is 5.82 Å². The number of benzene rings is 1. The number of hydroxylamine groups is 1. The molecule has 0 atom stereocenters. The van der Waals surface area contributed by atoms with Crippen LogP contribution in [-0.4, -0.2) is 27.6 Å². The number of unbranched alkanes of at least 4 members (excludes halogenated alkanes) is 3. The van der Waals surface area contributed by atoms with Gasteiger partial charge in [0.15, 0.2) is 0 Å². The minimum absolute atomic E-state index is 0.327. The molecule has 1 amide bonds. The summed E-state index contributed by atoms with van der Waals surface area (Å²) in [6, 6.07) is 14.3. The first-order chi connectivity index (χ1) is 13.3. The van der Waals surface area contributed by atoms with Crippen LogP contribution in [0.3, 0.4) is 0 Å². The number of carbonyl (C=O) groups excluding carboxylic acids is 1. The van der Waals surface area contributed by atoms with Gasteiger partial charge in [-0.05, 0) is 36.4 Å². The van der Waals surface area contributed by atoms with Gasteiger partial charge in [0, 0.05) is 30.7 Å². The molecule has 0 aliphatic carbocycles. The van der Waals surface area contributed by atoms with Crippen molar-refractivity contribution in [2.24, 2.45) is 0 Å². The van der Waals surface area contributed by atoms with Crippen molar-refractivity contribution in [3.05, 3.63) is 61.1 Å². The molecule has 0 fully saturated rings. The minimum Gasteiger partial charge on any atom is -0.325 e. The molecule has 0 radical (unpaired) electrons. The Morgan fingerprint density at radius 2 is 1.81 bits per heavy atom. The maximum absolute atomic E-state index is 11.0. The largest absolute Gasteiger partial charge is 0.325 e. The maximum atomic E-state index is 11.0. The lowest BCUT2D eigenvalue weighted by Gasteiger charge is -2.24. The standard InChI is InChI=1S/C21H24N4O2/c26-21(24-27)11-3-1-2-6-13-25(19-10-7-12-22-16-19)20-14-17-8-4-5-9-18(17)15-23-20/h4-5,7-10,12,14-16,27H,1-3,6,11,13H2,(H,24,26). The van der Waals surface area contributed by atoms with Crippen molar-refractivity contribution < 1.29 is 10.0 Å². The summed E-state index contributed by atoms with van der Waals surface area (Å²) in [6.45, 7) is 0.823. The number of nitrogens with one attached hydrogen (secondary N) is 1. The van der Waals surface area contributed by atoms with Gasteiger partial charge in [-0.15, -0.1) is 0 Å². The third-order valence-corrected chi connectivity index (χ3v) is 4.51. The molecule has 6 nitrogen and oxygen atoms in total. The third kappa shape index (κ3) is 5.24. The Morgan fingerprint density at radius 3 is 2.59 bits per heavy atom. The van der Waals surface area contributed by atoms with Crippen molar-refractivity contribution in [3.8, 4) is 0 Å². The van der Waals surface area contributed by atoms with Crippen molar-refractivity contribution >= 4 is 28.2 Å². The topological polar surface area (TPSA) is 78.4 Å². The van der Waals surface area contributed by atoms with Crippen LogP contribution >= 0.6 is 0 Å². The smallest absolute Gasteiger partial charge is 0.243 e. The zero-order chi connectivity index (χ0) is 18.9. The number of nitrogens with zero attached hydrogens (tertiary/aromatic N) is 3. The highest BCUT2D eigenvalue weighted by Gasteiger charge is 2.11. The van der Waals surface area contributed by atoms with Gasteiger partial charge >= 0.3 is 0 Å². The first-order valence-corrected chi connectivity index (χ1v) is 9.23. The molecule has 3 aromatic rings. The van der Waals surface area contributed by atoms with E-state index in [0.29, 0.717) is 6.42 Å². The van der Waals surface area contributed by atoms with E-state index in [4.69, 9.17) is 5.21 Å². The molecule has 0 saturated carbocycles. The summed E-state index contributed by atoms with van der Waals surface area (Å²) in [5, 5.41) is 10.8. The molecule has 2 heterocycles. The van der Waals surface area contributed by atoms with Crippen LogP contribution in [0.1, 0.15) is 32.1 Å². The van der Waals surface area contributed by atoms with Gasteiger partial charge in [0.05, 0.1) is 11.9 Å². The van der Waals surface area contributed by atoms with Crippen LogP contribution in [0, 0.1) is 0 Å². The highest BCUT2D eigenvalue weighted by atomic mass is 16.5. The Bertz CT molecular complexity index is 870. The van der Waals surface area contributed by atoms with E-state index in [0.717, 1.165) is 54.5 Å². The fourth-order valence-electron chi connectivity index (χ4n) is 3.07. The molecule has 0 spiro atoms. The lowest BCUT2D eigenvalue weighted by Crippen LogP contribution is -2.20. The van der Waals surface area contributed by atoms with Gasteiger partial charge in [0.25, 0.3) is 0 Å². The van der Waals surface area contributed by atoms with E-state index in [1.807, 2.05) is 36.7 Å². The monoisotopic (exact) mass is 364 g/mol.